The van der Waals surface area contributed by atoms with E-state index in [9.17, 15) is 13.2 Å². The Morgan fingerprint density at radius 1 is 1.08 bits per heavy atom. The molecule has 0 bridgehead atoms. The molecule has 190 valence electrons. The van der Waals surface area contributed by atoms with Gasteiger partial charge in [-0.1, -0.05) is 45.8 Å². The standard InChI is InChI=1S/C25H25Br2N3O5S/c1-17-4-6-18(7-5-17)16-35-25-22(27)12-19(13-23(25)34-2)14-28-29-24(31)15-30(36(3,32)33)21-10-8-20(26)9-11-21/h4-14H,15-16H2,1-3H3,(H,29,31)/b28-14-. The average Bonchev–Trinajstić information content (AvgIpc) is 2.82. The second-order valence-electron chi connectivity index (χ2n) is 7.85. The van der Waals surface area contributed by atoms with Crippen LogP contribution in [-0.2, 0) is 21.4 Å². The van der Waals surface area contributed by atoms with E-state index in [0.717, 1.165) is 20.6 Å². The van der Waals surface area contributed by atoms with Gasteiger partial charge in [-0.3, -0.25) is 9.10 Å². The molecule has 1 amide bonds. The first kappa shape index (κ1) is 27.7. The Kier molecular flexibility index (Phi) is 9.52. The van der Waals surface area contributed by atoms with Crippen molar-refractivity contribution in [1.29, 1.82) is 0 Å². The molecule has 3 rings (SSSR count). The number of anilines is 1. The molecule has 0 unspecified atom stereocenters. The van der Waals surface area contributed by atoms with E-state index in [4.69, 9.17) is 9.47 Å². The van der Waals surface area contributed by atoms with Gasteiger partial charge in [-0.05, 0) is 70.4 Å². The van der Waals surface area contributed by atoms with Gasteiger partial charge in [-0.25, -0.2) is 13.8 Å². The highest BCUT2D eigenvalue weighted by molar-refractivity contribution is 9.10. The van der Waals surface area contributed by atoms with Gasteiger partial charge in [0.25, 0.3) is 5.91 Å². The van der Waals surface area contributed by atoms with Crippen LogP contribution < -0.4 is 19.2 Å². The molecule has 0 heterocycles. The summed E-state index contributed by atoms with van der Waals surface area (Å²) in [5, 5.41) is 3.96. The van der Waals surface area contributed by atoms with Gasteiger partial charge < -0.3 is 9.47 Å². The number of hydrogen-bond acceptors (Lipinski definition) is 6. The van der Waals surface area contributed by atoms with Crippen LogP contribution in [0.2, 0.25) is 0 Å². The molecule has 0 spiro atoms. The molecule has 0 aliphatic heterocycles. The minimum absolute atomic E-state index is 0.369. The van der Waals surface area contributed by atoms with Crippen LogP contribution in [0, 0.1) is 6.92 Å². The van der Waals surface area contributed by atoms with Crippen molar-refractivity contribution in [2.24, 2.45) is 5.10 Å². The van der Waals surface area contributed by atoms with Crippen molar-refractivity contribution in [3.63, 3.8) is 0 Å². The van der Waals surface area contributed by atoms with Crippen LogP contribution in [0.5, 0.6) is 11.5 Å². The van der Waals surface area contributed by atoms with E-state index in [1.54, 1.807) is 36.4 Å². The second-order valence-corrected chi connectivity index (χ2v) is 11.5. The van der Waals surface area contributed by atoms with Crippen molar-refractivity contribution < 1.29 is 22.7 Å². The van der Waals surface area contributed by atoms with Crippen molar-refractivity contribution in [2.45, 2.75) is 13.5 Å². The van der Waals surface area contributed by atoms with Gasteiger partial charge in [0.2, 0.25) is 10.0 Å². The minimum Gasteiger partial charge on any atom is -0.493 e. The molecule has 0 aliphatic rings. The van der Waals surface area contributed by atoms with E-state index < -0.39 is 22.5 Å². The van der Waals surface area contributed by atoms with Gasteiger partial charge in [-0.15, -0.1) is 0 Å². The highest BCUT2D eigenvalue weighted by Gasteiger charge is 2.20. The molecule has 0 aliphatic carbocycles. The van der Waals surface area contributed by atoms with Crippen molar-refractivity contribution in [3.05, 3.63) is 86.3 Å². The normalized spacial score (nSPS) is 11.4. The quantitative estimate of drug-likeness (QED) is 0.248. The van der Waals surface area contributed by atoms with Crippen LogP contribution in [0.25, 0.3) is 0 Å². The number of benzene rings is 3. The van der Waals surface area contributed by atoms with Crippen molar-refractivity contribution in [2.75, 3.05) is 24.2 Å². The largest absolute Gasteiger partial charge is 0.493 e. The van der Waals surface area contributed by atoms with Gasteiger partial charge in [-0.2, -0.15) is 5.10 Å². The third kappa shape index (κ3) is 7.81. The highest BCUT2D eigenvalue weighted by atomic mass is 79.9. The summed E-state index contributed by atoms with van der Waals surface area (Å²) in [5.41, 5.74) is 5.56. The van der Waals surface area contributed by atoms with E-state index in [2.05, 4.69) is 42.4 Å². The number of hydrazone groups is 1. The zero-order chi connectivity index (χ0) is 26.3. The first-order valence-corrected chi connectivity index (χ1v) is 14.1. The summed E-state index contributed by atoms with van der Waals surface area (Å²) >= 11 is 6.81. The number of rotatable bonds is 10. The summed E-state index contributed by atoms with van der Waals surface area (Å²) in [4.78, 5) is 12.4. The molecule has 0 aromatic heterocycles. The lowest BCUT2D eigenvalue weighted by Crippen LogP contribution is -2.39. The van der Waals surface area contributed by atoms with Gasteiger partial charge in [0.15, 0.2) is 11.5 Å². The number of hydrogen-bond donors (Lipinski definition) is 1. The number of amides is 1. The maximum Gasteiger partial charge on any atom is 0.260 e. The Hall–Kier alpha value is -2.89. The molecule has 11 heteroatoms. The maximum absolute atomic E-state index is 12.4. The van der Waals surface area contributed by atoms with Crippen LogP contribution in [0.4, 0.5) is 5.69 Å². The van der Waals surface area contributed by atoms with Gasteiger partial charge in [0, 0.05) is 4.47 Å². The predicted octanol–water partition coefficient (Wildman–Crippen LogP) is 5.02. The number of carbonyl (C=O) groups excluding carboxylic acids is 1. The molecular formula is C25H25Br2N3O5S. The Bertz CT molecular complexity index is 1350. The Morgan fingerprint density at radius 2 is 1.75 bits per heavy atom. The lowest BCUT2D eigenvalue weighted by Gasteiger charge is -2.21. The van der Waals surface area contributed by atoms with E-state index in [1.165, 1.54) is 18.9 Å². The zero-order valence-electron chi connectivity index (χ0n) is 19.9. The van der Waals surface area contributed by atoms with Gasteiger partial charge in [0.1, 0.15) is 13.2 Å². The molecule has 0 fully saturated rings. The molecule has 8 nitrogen and oxygen atoms in total. The molecule has 1 N–H and O–H groups in total. The number of nitrogens with one attached hydrogen (secondary N) is 1. The smallest absolute Gasteiger partial charge is 0.260 e. The number of methoxy groups -OCH3 is 1. The Balaban J connectivity index is 1.67. The number of halogens is 2. The number of carbonyl (C=O) groups is 1. The van der Waals surface area contributed by atoms with E-state index >= 15 is 0 Å². The lowest BCUT2D eigenvalue weighted by molar-refractivity contribution is -0.119. The predicted molar refractivity (Wildman–Crippen MR) is 148 cm³/mol. The fourth-order valence-electron chi connectivity index (χ4n) is 3.15. The molecule has 3 aromatic carbocycles. The van der Waals surface area contributed by atoms with Crippen molar-refractivity contribution in [3.8, 4) is 11.5 Å². The number of aryl methyl sites for hydroxylation is 1. The fourth-order valence-corrected chi connectivity index (χ4v) is 4.84. The molecule has 0 saturated carbocycles. The third-order valence-corrected chi connectivity index (χ3v) is 7.22. The highest BCUT2D eigenvalue weighted by Crippen LogP contribution is 2.36. The lowest BCUT2D eigenvalue weighted by atomic mass is 10.2. The summed E-state index contributed by atoms with van der Waals surface area (Å²) in [5.74, 6) is 0.434. The second kappa shape index (κ2) is 12.4. The molecule has 0 saturated heterocycles. The summed E-state index contributed by atoms with van der Waals surface area (Å²) in [6.45, 7) is 1.97. The van der Waals surface area contributed by atoms with Gasteiger partial charge in [0.05, 0.1) is 29.7 Å². The Morgan fingerprint density at radius 3 is 2.36 bits per heavy atom. The molecule has 36 heavy (non-hydrogen) atoms. The van der Waals surface area contributed by atoms with E-state index in [0.29, 0.717) is 33.8 Å². The number of nitrogens with zero attached hydrogens (tertiary/aromatic N) is 2. The van der Waals surface area contributed by atoms with E-state index in [1.807, 2.05) is 31.2 Å². The fraction of sp³-hybridized carbons (Fsp3) is 0.200. The minimum atomic E-state index is -3.68. The number of ether oxygens (including phenoxy) is 2. The molecule has 3 aromatic rings. The third-order valence-electron chi connectivity index (χ3n) is 4.96. The number of sulfonamides is 1. The summed E-state index contributed by atoms with van der Waals surface area (Å²) in [7, 11) is -2.15. The summed E-state index contributed by atoms with van der Waals surface area (Å²) in [6, 6.07) is 18.1. The van der Waals surface area contributed by atoms with Crippen LogP contribution in [-0.4, -0.2) is 40.4 Å². The molecular weight excluding hydrogens is 614 g/mol. The first-order valence-electron chi connectivity index (χ1n) is 10.7. The van der Waals surface area contributed by atoms with Gasteiger partial charge >= 0.3 is 0 Å². The monoisotopic (exact) mass is 637 g/mol. The van der Waals surface area contributed by atoms with Crippen molar-refractivity contribution >= 4 is 59.7 Å². The van der Waals surface area contributed by atoms with Crippen LogP contribution in [0.1, 0.15) is 16.7 Å². The van der Waals surface area contributed by atoms with Crippen LogP contribution in [0.3, 0.4) is 0 Å². The molecule has 0 atom stereocenters. The Labute approximate surface area is 227 Å². The SMILES string of the molecule is COc1cc(/C=N\NC(=O)CN(c2ccc(Br)cc2)S(C)(=O)=O)cc(Br)c1OCc1ccc(C)cc1. The van der Waals surface area contributed by atoms with Crippen LogP contribution >= 0.6 is 31.9 Å². The topological polar surface area (TPSA) is 97.3 Å². The molecule has 0 radical (unpaired) electrons. The van der Waals surface area contributed by atoms with Crippen molar-refractivity contribution in [1.82, 2.24) is 5.43 Å². The summed E-state index contributed by atoms with van der Waals surface area (Å²) < 4.78 is 38.3. The van der Waals surface area contributed by atoms with Crippen LogP contribution in [0.15, 0.2) is 74.7 Å². The zero-order valence-corrected chi connectivity index (χ0v) is 23.9. The maximum atomic E-state index is 12.4. The average molecular weight is 639 g/mol. The first-order chi connectivity index (χ1) is 17.1. The van der Waals surface area contributed by atoms with E-state index in [-0.39, 0.29) is 0 Å². The summed E-state index contributed by atoms with van der Waals surface area (Å²) in [6.07, 6.45) is 2.47.